The lowest BCUT2D eigenvalue weighted by Gasteiger charge is -2.19. The molecule has 112 valence electrons. The molecule has 2 aromatic carbocycles. The minimum Gasteiger partial charge on any atom is -0.378 e. The van der Waals surface area contributed by atoms with E-state index in [1.807, 2.05) is 0 Å². The smallest absolute Gasteiger partial charge is 0.0361 e. The average Bonchev–Trinajstić information content (AvgIpc) is 2.49. The van der Waals surface area contributed by atoms with Crippen molar-refractivity contribution in [2.45, 2.75) is 19.3 Å². The highest BCUT2D eigenvalue weighted by atomic mass is 15.1. The summed E-state index contributed by atoms with van der Waals surface area (Å²) < 4.78 is 0. The molecule has 0 unspecified atom stereocenters. The van der Waals surface area contributed by atoms with Crippen LogP contribution in [0.4, 0.5) is 11.4 Å². The minimum atomic E-state index is 0.470. The molecular formula is C19H26N2. The molecule has 2 nitrogen and oxygen atoms in total. The zero-order valence-electron chi connectivity index (χ0n) is 13.8. The Morgan fingerprint density at radius 1 is 0.667 bits per heavy atom. The van der Waals surface area contributed by atoms with E-state index in [0.29, 0.717) is 5.92 Å². The molecule has 0 saturated heterocycles. The summed E-state index contributed by atoms with van der Waals surface area (Å²) in [7, 11) is 8.30. The first-order valence-corrected chi connectivity index (χ1v) is 7.57. The predicted molar refractivity (Wildman–Crippen MR) is 93.7 cm³/mol. The third-order valence-electron chi connectivity index (χ3n) is 4.03. The average molecular weight is 282 g/mol. The van der Waals surface area contributed by atoms with Crippen molar-refractivity contribution in [2.75, 3.05) is 38.0 Å². The van der Waals surface area contributed by atoms with E-state index >= 15 is 0 Å². The number of benzene rings is 2. The van der Waals surface area contributed by atoms with Gasteiger partial charge in [0, 0.05) is 45.5 Å². The molecule has 0 N–H and O–H groups in total. The summed E-state index contributed by atoms with van der Waals surface area (Å²) in [5, 5.41) is 0. The zero-order chi connectivity index (χ0) is 15.4. The van der Waals surface area contributed by atoms with Gasteiger partial charge < -0.3 is 9.80 Å². The van der Waals surface area contributed by atoms with Crippen molar-refractivity contribution in [3.05, 3.63) is 59.7 Å². The first kappa shape index (κ1) is 15.4. The summed E-state index contributed by atoms with van der Waals surface area (Å²) >= 11 is 0. The largest absolute Gasteiger partial charge is 0.378 e. The Bertz CT molecular complexity index is 502. The van der Waals surface area contributed by atoms with E-state index in [9.17, 15) is 0 Å². The van der Waals surface area contributed by atoms with Gasteiger partial charge in [0.2, 0.25) is 0 Å². The number of hydrogen-bond acceptors (Lipinski definition) is 2. The minimum absolute atomic E-state index is 0.470. The number of anilines is 2. The SMILES string of the molecule is CCC(c1ccc(N(C)C)cc1)c1ccc(N(C)C)cc1. The van der Waals surface area contributed by atoms with Crippen LogP contribution in [-0.2, 0) is 0 Å². The van der Waals surface area contributed by atoms with Crippen molar-refractivity contribution in [3.8, 4) is 0 Å². The van der Waals surface area contributed by atoms with Crippen LogP contribution in [0.1, 0.15) is 30.4 Å². The van der Waals surface area contributed by atoms with Gasteiger partial charge in [-0.15, -0.1) is 0 Å². The van der Waals surface area contributed by atoms with E-state index in [1.54, 1.807) is 0 Å². The molecule has 0 aromatic heterocycles. The summed E-state index contributed by atoms with van der Waals surface area (Å²) in [6, 6.07) is 17.8. The standard InChI is InChI=1S/C19H26N2/c1-6-19(15-7-11-17(12-8-15)20(2)3)16-9-13-18(14-10-16)21(4)5/h7-14,19H,6H2,1-5H3. The summed E-state index contributed by atoms with van der Waals surface area (Å²) in [6.07, 6.45) is 1.11. The molecule has 2 rings (SSSR count). The van der Waals surface area contributed by atoms with Crippen molar-refractivity contribution in [2.24, 2.45) is 0 Å². The molecule has 0 fully saturated rings. The first-order chi connectivity index (χ1) is 10.0. The van der Waals surface area contributed by atoms with E-state index in [1.165, 1.54) is 22.5 Å². The second-order valence-corrected chi connectivity index (χ2v) is 5.93. The molecule has 21 heavy (non-hydrogen) atoms. The molecular weight excluding hydrogens is 256 g/mol. The topological polar surface area (TPSA) is 6.48 Å². The highest BCUT2D eigenvalue weighted by Gasteiger charge is 2.12. The fourth-order valence-electron chi connectivity index (χ4n) is 2.67. The van der Waals surface area contributed by atoms with Crippen LogP contribution in [0, 0.1) is 0 Å². The lowest BCUT2D eigenvalue weighted by molar-refractivity contribution is 0.777. The van der Waals surface area contributed by atoms with Crippen molar-refractivity contribution in [3.63, 3.8) is 0 Å². The van der Waals surface area contributed by atoms with Gasteiger partial charge in [0.1, 0.15) is 0 Å². The van der Waals surface area contributed by atoms with Gasteiger partial charge in [-0.05, 0) is 41.8 Å². The summed E-state index contributed by atoms with van der Waals surface area (Å²) in [4.78, 5) is 4.27. The Morgan fingerprint density at radius 2 is 1.00 bits per heavy atom. The Hall–Kier alpha value is -1.96. The Balaban J connectivity index is 2.26. The van der Waals surface area contributed by atoms with E-state index in [-0.39, 0.29) is 0 Å². The normalized spacial score (nSPS) is 10.8. The molecule has 0 spiro atoms. The van der Waals surface area contributed by atoms with Gasteiger partial charge in [-0.25, -0.2) is 0 Å². The van der Waals surface area contributed by atoms with Gasteiger partial charge in [-0.1, -0.05) is 31.2 Å². The van der Waals surface area contributed by atoms with Gasteiger partial charge in [0.05, 0.1) is 0 Å². The van der Waals surface area contributed by atoms with E-state index in [2.05, 4.69) is 93.4 Å². The predicted octanol–water partition coefficient (Wildman–Crippen LogP) is 4.36. The number of hydrogen-bond donors (Lipinski definition) is 0. The van der Waals surface area contributed by atoms with Crippen LogP contribution in [0.5, 0.6) is 0 Å². The Labute approximate surface area is 129 Å². The molecule has 0 atom stereocenters. The summed E-state index contributed by atoms with van der Waals surface area (Å²) in [5.74, 6) is 0.470. The molecule has 2 heteroatoms. The maximum Gasteiger partial charge on any atom is 0.0361 e. The fraction of sp³-hybridized carbons (Fsp3) is 0.368. The number of nitrogens with zero attached hydrogens (tertiary/aromatic N) is 2. The van der Waals surface area contributed by atoms with Crippen LogP contribution in [0.25, 0.3) is 0 Å². The van der Waals surface area contributed by atoms with Gasteiger partial charge in [-0.3, -0.25) is 0 Å². The molecule has 0 heterocycles. The maximum atomic E-state index is 2.25. The molecule has 2 aromatic rings. The Kier molecular flexibility index (Phi) is 4.89. The first-order valence-electron chi connectivity index (χ1n) is 7.57. The van der Waals surface area contributed by atoms with Gasteiger partial charge in [-0.2, -0.15) is 0 Å². The van der Waals surface area contributed by atoms with Crippen molar-refractivity contribution >= 4 is 11.4 Å². The van der Waals surface area contributed by atoms with Gasteiger partial charge in [0.15, 0.2) is 0 Å². The molecule has 0 bridgehead atoms. The summed E-state index contributed by atoms with van der Waals surface area (Å²) in [5.41, 5.74) is 5.27. The lowest BCUT2D eigenvalue weighted by atomic mass is 9.89. The highest BCUT2D eigenvalue weighted by molar-refractivity contribution is 5.50. The van der Waals surface area contributed by atoms with Gasteiger partial charge >= 0.3 is 0 Å². The maximum absolute atomic E-state index is 2.25. The van der Waals surface area contributed by atoms with Crippen LogP contribution >= 0.6 is 0 Å². The fourth-order valence-corrected chi connectivity index (χ4v) is 2.67. The van der Waals surface area contributed by atoms with Crippen LogP contribution in [0.3, 0.4) is 0 Å². The van der Waals surface area contributed by atoms with E-state index in [4.69, 9.17) is 0 Å². The second kappa shape index (κ2) is 6.66. The molecule has 0 aliphatic rings. The van der Waals surface area contributed by atoms with Crippen molar-refractivity contribution in [1.82, 2.24) is 0 Å². The van der Waals surface area contributed by atoms with Crippen LogP contribution < -0.4 is 9.80 Å². The highest BCUT2D eigenvalue weighted by Crippen LogP contribution is 2.30. The van der Waals surface area contributed by atoms with Crippen molar-refractivity contribution < 1.29 is 0 Å². The second-order valence-electron chi connectivity index (χ2n) is 5.93. The third-order valence-corrected chi connectivity index (χ3v) is 4.03. The number of rotatable bonds is 5. The molecule has 0 aliphatic heterocycles. The molecule has 0 aliphatic carbocycles. The van der Waals surface area contributed by atoms with E-state index < -0.39 is 0 Å². The lowest BCUT2D eigenvalue weighted by Crippen LogP contribution is -2.09. The Morgan fingerprint density at radius 3 is 1.24 bits per heavy atom. The third kappa shape index (κ3) is 3.57. The molecule has 0 radical (unpaired) electrons. The zero-order valence-corrected chi connectivity index (χ0v) is 13.8. The molecule has 0 amide bonds. The quantitative estimate of drug-likeness (QED) is 0.804. The van der Waals surface area contributed by atoms with Crippen molar-refractivity contribution in [1.29, 1.82) is 0 Å². The summed E-state index contributed by atoms with van der Waals surface area (Å²) in [6.45, 7) is 2.25. The monoisotopic (exact) mass is 282 g/mol. The van der Waals surface area contributed by atoms with Gasteiger partial charge in [0.25, 0.3) is 0 Å². The molecule has 0 saturated carbocycles. The van der Waals surface area contributed by atoms with Crippen LogP contribution in [0.2, 0.25) is 0 Å². The van der Waals surface area contributed by atoms with E-state index in [0.717, 1.165) is 6.42 Å². The van der Waals surface area contributed by atoms with Crippen LogP contribution in [0.15, 0.2) is 48.5 Å². The van der Waals surface area contributed by atoms with Crippen LogP contribution in [-0.4, -0.2) is 28.2 Å².